The molecule has 19 heavy (non-hydrogen) atoms. The average Bonchev–Trinajstić information content (AvgIpc) is 2.28. The molecule has 1 rings (SSSR count). The molecule has 0 heterocycles. The van der Waals surface area contributed by atoms with E-state index in [1.807, 2.05) is 0 Å². The minimum atomic E-state index is -3.20. The molecule has 0 amide bonds. The zero-order valence-electron chi connectivity index (χ0n) is 11.3. The molecule has 0 aliphatic carbocycles. The first-order valence-corrected chi connectivity index (χ1v) is 9.73. The third kappa shape index (κ3) is 5.30. The van der Waals surface area contributed by atoms with Crippen LogP contribution in [-0.4, -0.2) is 42.1 Å². The quantitative estimate of drug-likeness (QED) is 0.840. The zero-order valence-corrected chi connectivity index (χ0v) is 12.9. The lowest BCUT2D eigenvalue weighted by Crippen LogP contribution is -2.20. The van der Waals surface area contributed by atoms with Crippen LogP contribution in [0.2, 0.25) is 0 Å². The maximum absolute atomic E-state index is 11.3. The van der Waals surface area contributed by atoms with Crippen LogP contribution in [0.3, 0.4) is 0 Å². The SMILES string of the molecule is CNC(CCS(C)(=O)=O)c1ccc(S(C)(=O)=O)cc1. The zero-order chi connectivity index (χ0) is 14.7. The summed E-state index contributed by atoms with van der Waals surface area (Å²) in [5.41, 5.74) is 0.874. The molecular formula is C12H19NO4S2. The predicted octanol–water partition coefficient (Wildman–Crippen LogP) is 0.785. The van der Waals surface area contributed by atoms with Gasteiger partial charge in [-0.3, -0.25) is 0 Å². The number of hydrogen-bond donors (Lipinski definition) is 1. The Morgan fingerprint density at radius 2 is 1.58 bits per heavy atom. The molecule has 0 aromatic heterocycles. The Morgan fingerprint density at radius 1 is 1.05 bits per heavy atom. The molecule has 0 aliphatic heterocycles. The first kappa shape index (κ1) is 16.1. The van der Waals surface area contributed by atoms with Gasteiger partial charge in [0, 0.05) is 18.6 Å². The van der Waals surface area contributed by atoms with Crippen molar-refractivity contribution in [1.82, 2.24) is 5.32 Å². The second-order valence-electron chi connectivity index (χ2n) is 4.60. The molecule has 0 saturated carbocycles. The summed E-state index contributed by atoms with van der Waals surface area (Å²) in [5, 5.41) is 3.04. The summed E-state index contributed by atoms with van der Waals surface area (Å²) in [6.07, 6.45) is 2.81. The Balaban J connectivity index is 2.89. The van der Waals surface area contributed by atoms with Crippen molar-refractivity contribution in [1.29, 1.82) is 0 Å². The van der Waals surface area contributed by atoms with E-state index >= 15 is 0 Å². The van der Waals surface area contributed by atoms with Crippen LogP contribution in [0.25, 0.3) is 0 Å². The molecule has 1 aromatic carbocycles. The van der Waals surface area contributed by atoms with E-state index in [2.05, 4.69) is 5.32 Å². The lowest BCUT2D eigenvalue weighted by Gasteiger charge is -2.16. The van der Waals surface area contributed by atoms with Crippen molar-refractivity contribution in [2.24, 2.45) is 0 Å². The van der Waals surface area contributed by atoms with Crippen LogP contribution in [-0.2, 0) is 19.7 Å². The molecule has 0 fully saturated rings. The average molecular weight is 305 g/mol. The van der Waals surface area contributed by atoms with Crippen molar-refractivity contribution in [2.75, 3.05) is 25.3 Å². The van der Waals surface area contributed by atoms with E-state index in [9.17, 15) is 16.8 Å². The van der Waals surface area contributed by atoms with Crippen molar-refractivity contribution < 1.29 is 16.8 Å². The molecule has 7 heteroatoms. The summed E-state index contributed by atoms with van der Waals surface area (Å²) in [6, 6.07) is 6.38. The van der Waals surface area contributed by atoms with Gasteiger partial charge in [0.05, 0.1) is 10.6 Å². The molecular weight excluding hydrogens is 286 g/mol. The number of nitrogens with one attached hydrogen (secondary N) is 1. The molecule has 108 valence electrons. The summed E-state index contributed by atoms with van der Waals surface area (Å²) in [6.45, 7) is 0. The van der Waals surface area contributed by atoms with Gasteiger partial charge in [0.2, 0.25) is 0 Å². The molecule has 0 spiro atoms. The number of rotatable bonds is 6. The molecule has 1 aromatic rings. The van der Waals surface area contributed by atoms with Crippen LogP contribution in [0.4, 0.5) is 0 Å². The molecule has 0 radical (unpaired) electrons. The van der Waals surface area contributed by atoms with Gasteiger partial charge in [-0.25, -0.2) is 16.8 Å². The monoisotopic (exact) mass is 305 g/mol. The maximum Gasteiger partial charge on any atom is 0.175 e. The lowest BCUT2D eigenvalue weighted by molar-refractivity contribution is 0.558. The second kappa shape index (κ2) is 6.02. The largest absolute Gasteiger partial charge is 0.313 e. The van der Waals surface area contributed by atoms with E-state index < -0.39 is 19.7 Å². The first-order chi connectivity index (χ1) is 8.63. The van der Waals surface area contributed by atoms with Gasteiger partial charge in [-0.2, -0.15) is 0 Å². The Kier molecular flexibility index (Phi) is 5.11. The molecule has 1 atom stereocenters. The Morgan fingerprint density at radius 3 is 1.95 bits per heavy atom. The highest BCUT2D eigenvalue weighted by Gasteiger charge is 2.14. The van der Waals surface area contributed by atoms with Crippen LogP contribution in [0.5, 0.6) is 0 Å². The van der Waals surface area contributed by atoms with Crippen molar-refractivity contribution in [3.05, 3.63) is 29.8 Å². The normalized spacial score (nSPS) is 14.3. The van der Waals surface area contributed by atoms with Crippen LogP contribution in [0.1, 0.15) is 18.0 Å². The van der Waals surface area contributed by atoms with Gasteiger partial charge in [-0.05, 0) is 31.2 Å². The lowest BCUT2D eigenvalue weighted by atomic mass is 10.1. The fraction of sp³-hybridized carbons (Fsp3) is 0.500. The van der Waals surface area contributed by atoms with Gasteiger partial charge in [0.15, 0.2) is 9.84 Å². The highest BCUT2D eigenvalue weighted by molar-refractivity contribution is 7.91. The van der Waals surface area contributed by atoms with Gasteiger partial charge in [-0.1, -0.05) is 12.1 Å². The smallest absolute Gasteiger partial charge is 0.175 e. The molecule has 1 N–H and O–H groups in total. The number of benzene rings is 1. The van der Waals surface area contributed by atoms with Crippen molar-refractivity contribution in [2.45, 2.75) is 17.4 Å². The second-order valence-corrected chi connectivity index (χ2v) is 8.88. The third-order valence-corrected chi connectivity index (χ3v) is 4.94. The Labute approximate surface area is 114 Å². The van der Waals surface area contributed by atoms with Crippen LogP contribution >= 0.6 is 0 Å². The Hall–Kier alpha value is -0.920. The van der Waals surface area contributed by atoms with E-state index in [1.54, 1.807) is 19.2 Å². The number of hydrogen-bond acceptors (Lipinski definition) is 5. The van der Waals surface area contributed by atoms with Crippen molar-refractivity contribution >= 4 is 19.7 Å². The first-order valence-electron chi connectivity index (χ1n) is 5.78. The summed E-state index contributed by atoms with van der Waals surface area (Å²) in [4.78, 5) is 0.259. The topological polar surface area (TPSA) is 80.3 Å². The van der Waals surface area contributed by atoms with Gasteiger partial charge in [-0.15, -0.1) is 0 Å². The molecule has 0 saturated heterocycles. The van der Waals surface area contributed by atoms with E-state index in [1.165, 1.54) is 18.4 Å². The maximum atomic E-state index is 11.3. The van der Waals surface area contributed by atoms with Gasteiger partial charge in [0.1, 0.15) is 9.84 Å². The summed E-state index contributed by atoms with van der Waals surface area (Å²) in [5.74, 6) is 0.0896. The molecule has 0 bridgehead atoms. The highest BCUT2D eigenvalue weighted by atomic mass is 32.2. The van der Waals surface area contributed by atoms with Gasteiger partial charge >= 0.3 is 0 Å². The van der Waals surface area contributed by atoms with E-state index in [-0.39, 0.29) is 16.7 Å². The van der Waals surface area contributed by atoms with Crippen molar-refractivity contribution in [3.63, 3.8) is 0 Å². The summed E-state index contributed by atoms with van der Waals surface area (Å²) < 4.78 is 45.0. The van der Waals surface area contributed by atoms with Gasteiger partial charge < -0.3 is 5.32 Å². The number of sulfone groups is 2. The molecule has 0 aliphatic rings. The summed E-state index contributed by atoms with van der Waals surface area (Å²) in [7, 11) is -4.46. The van der Waals surface area contributed by atoms with Crippen LogP contribution in [0.15, 0.2) is 29.2 Å². The minimum Gasteiger partial charge on any atom is -0.313 e. The van der Waals surface area contributed by atoms with E-state index in [0.29, 0.717) is 6.42 Å². The molecule has 5 nitrogen and oxygen atoms in total. The third-order valence-electron chi connectivity index (χ3n) is 2.84. The van der Waals surface area contributed by atoms with E-state index in [0.717, 1.165) is 11.8 Å². The fourth-order valence-electron chi connectivity index (χ4n) is 1.76. The predicted molar refractivity (Wildman–Crippen MR) is 75.7 cm³/mol. The van der Waals surface area contributed by atoms with Crippen LogP contribution < -0.4 is 5.32 Å². The summed E-state index contributed by atoms with van der Waals surface area (Å²) >= 11 is 0. The Bertz CT molecular complexity index is 618. The van der Waals surface area contributed by atoms with E-state index in [4.69, 9.17) is 0 Å². The minimum absolute atomic E-state index is 0.0896. The molecule has 1 unspecified atom stereocenters. The van der Waals surface area contributed by atoms with Crippen molar-refractivity contribution in [3.8, 4) is 0 Å². The van der Waals surface area contributed by atoms with Gasteiger partial charge in [0.25, 0.3) is 0 Å². The fourth-order valence-corrected chi connectivity index (χ4v) is 3.05. The highest BCUT2D eigenvalue weighted by Crippen LogP contribution is 2.19. The van der Waals surface area contributed by atoms with Crippen LogP contribution in [0, 0.1) is 0 Å². The standard InChI is InChI=1S/C12H19NO4S2/c1-13-12(8-9-18(2,14)15)10-4-6-11(7-5-10)19(3,16)17/h4-7,12-13H,8-9H2,1-3H3.